The molecule has 1 heterocycles. The molecule has 0 aliphatic heterocycles. The fraction of sp³-hybridized carbons (Fsp3) is 0.750. The van der Waals surface area contributed by atoms with Crippen molar-refractivity contribution in [3.8, 4) is 0 Å². The summed E-state index contributed by atoms with van der Waals surface area (Å²) in [5, 5.41) is 7.80. The second-order valence-electron chi connectivity index (χ2n) is 4.44. The van der Waals surface area contributed by atoms with Crippen molar-refractivity contribution < 1.29 is 4.74 Å². The molecule has 1 aromatic heterocycles. The molecule has 1 N–H and O–H groups in total. The van der Waals surface area contributed by atoms with Gasteiger partial charge in [-0.15, -0.1) is 0 Å². The Bertz CT molecular complexity index is 367. The number of methoxy groups -OCH3 is 1. The van der Waals surface area contributed by atoms with E-state index in [1.807, 2.05) is 18.7 Å². The zero-order valence-electron chi connectivity index (χ0n) is 11.7. The lowest BCUT2D eigenvalue weighted by Crippen LogP contribution is -2.31. The van der Waals surface area contributed by atoms with E-state index in [4.69, 9.17) is 4.74 Å². The summed E-state index contributed by atoms with van der Waals surface area (Å²) in [6.07, 6.45) is 0. The normalized spacial score (nSPS) is 11.4. The van der Waals surface area contributed by atoms with Gasteiger partial charge < -0.3 is 15.0 Å². The van der Waals surface area contributed by atoms with E-state index in [1.54, 1.807) is 7.11 Å². The van der Waals surface area contributed by atoms with Crippen LogP contribution in [0.2, 0.25) is 0 Å². The minimum atomic E-state index is 0.781. The lowest BCUT2D eigenvalue weighted by atomic mass is 10.3. The summed E-state index contributed by atoms with van der Waals surface area (Å²) in [4.78, 5) is 2.25. The standard InChI is InChI=1S/C12H23BrN4O/c1-10-12(13)11(17(3)15-10)9-14-5-6-16(2)7-8-18-4/h14H,5-9H2,1-4H3. The molecule has 18 heavy (non-hydrogen) atoms. The largest absolute Gasteiger partial charge is 0.383 e. The number of halogens is 1. The van der Waals surface area contributed by atoms with Gasteiger partial charge in [0.1, 0.15) is 0 Å². The Labute approximate surface area is 118 Å². The van der Waals surface area contributed by atoms with E-state index in [-0.39, 0.29) is 0 Å². The summed E-state index contributed by atoms with van der Waals surface area (Å²) in [7, 11) is 5.80. The molecule has 0 aromatic carbocycles. The third-order valence-corrected chi connectivity index (χ3v) is 3.93. The first kappa shape index (κ1) is 15.6. The maximum absolute atomic E-state index is 5.04. The molecule has 6 heteroatoms. The van der Waals surface area contributed by atoms with Crippen LogP contribution >= 0.6 is 15.9 Å². The highest BCUT2D eigenvalue weighted by atomic mass is 79.9. The highest BCUT2D eigenvalue weighted by Gasteiger charge is 2.09. The van der Waals surface area contributed by atoms with Gasteiger partial charge in [-0.3, -0.25) is 4.68 Å². The molecule has 1 aromatic rings. The Hall–Kier alpha value is -0.430. The Morgan fingerprint density at radius 1 is 1.44 bits per heavy atom. The summed E-state index contributed by atoms with van der Waals surface area (Å²) in [6.45, 7) is 6.55. The molecule has 0 atom stereocenters. The molecule has 0 amide bonds. The number of nitrogens with one attached hydrogen (secondary N) is 1. The average molecular weight is 319 g/mol. The summed E-state index contributed by atoms with van der Waals surface area (Å²) < 4.78 is 8.06. The predicted molar refractivity (Wildman–Crippen MR) is 76.7 cm³/mol. The minimum Gasteiger partial charge on any atom is -0.383 e. The molecule has 0 aliphatic rings. The molecule has 1 rings (SSSR count). The zero-order chi connectivity index (χ0) is 13.5. The van der Waals surface area contributed by atoms with Gasteiger partial charge in [0.2, 0.25) is 0 Å². The zero-order valence-corrected chi connectivity index (χ0v) is 13.2. The quantitative estimate of drug-likeness (QED) is 0.730. The second-order valence-corrected chi connectivity index (χ2v) is 5.24. The van der Waals surface area contributed by atoms with Crippen LogP contribution in [0.4, 0.5) is 0 Å². The van der Waals surface area contributed by atoms with Crippen LogP contribution in [0.5, 0.6) is 0 Å². The number of nitrogens with zero attached hydrogens (tertiary/aromatic N) is 3. The first-order valence-corrected chi connectivity index (χ1v) is 6.91. The SMILES string of the molecule is COCCN(C)CCNCc1c(Br)c(C)nn1C. The van der Waals surface area contributed by atoms with Crippen molar-refractivity contribution in [2.75, 3.05) is 40.4 Å². The number of rotatable bonds is 8. The Kier molecular flexibility index (Phi) is 6.85. The van der Waals surface area contributed by atoms with Crippen LogP contribution in [0.3, 0.4) is 0 Å². The average Bonchev–Trinajstić information content (AvgIpc) is 2.57. The van der Waals surface area contributed by atoms with Crippen LogP contribution in [0.1, 0.15) is 11.4 Å². The van der Waals surface area contributed by atoms with E-state index in [9.17, 15) is 0 Å². The highest BCUT2D eigenvalue weighted by molar-refractivity contribution is 9.10. The van der Waals surface area contributed by atoms with E-state index in [1.165, 1.54) is 5.69 Å². The first-order chi connectivity index (χ1) is 8.56. The van der Waals surface area contributed by atoms with Gasteiger partial charge >= 0.3 is 0 Å². The highest BCUT2D eigenvalue weighted by Crippen LogP contribution is 2.19. The summed E-state index contributed by atoms with van der Waals surface area (Å²) in [5.74, 6) is 0. The molecule has 0 radical (unpaired) electrons. The van der Waals surface area contributed by atoms with Gasteiger partial charge in [0.15, 0.2) is 0 Å². The maximum atomic E-state index is 5.04. The molecule has 0 saturated carbocycles. The van der Waals surface area contributed by atoms with Gasteiger partial charge in [-0.05, 0) is 29.9 Å². The van der Waals surface area contributed by atoms with Gasteiger partial charge in [0.05, 0.1) is 22.5 Å². The fourth-order valence-corrected chi connectivity index (χ4v) is 2.18. The van der Waals surface area contributed by atoms with Gasteiger partial charge in [-0.2, -0.15) is 5.10 Å². The van der Waals surface area contributed by atoms with Gasteiger partial charge in [0, 0.05) is 40.3 Å². The van der Waals surface area contributed by atoms with Gasteiger partial charge in [-0.25, -0.2) is 0 Å². The van der Waals surface area contributed by atoms with Crippen LogP contribution in [0.25, 0.3) is 0 Å². The molecular weight excluding hydrogens is 296 g/mol. The van der Waals surface area contributed by atoms with E-state index in [2.05, 4.69) is 38.3 Å². The Balaban J connectivity index is 2.25. The first-order valence-electron chi connectivity index (χ1n) is 6.12. The minimum absolute atomic E-state index is 0.781. The smallest absolute Gasteiger partial charge is 0.0739 e. The number of hydrogen-bond donors (Lipinski definition) is 1. The van der Waals surface area contributed by atoms with Crippen molar-refractivity contribution in [3.63, 3.8) is 0 Å². The molecule has 5 nitrogen and oxygen atoms in total. The summed E-state index contributed by atoms with van der Waals surface area (Å²) >= 11 is 3.57. The molecule has 0 aliphatic carbocycles. The topological polar surface area (TPSA) is 42.3 Å². The third kappa shape index (κ3) is 4.68. The Morgan fingerprint density at radius 3 is 2.72 bits per heavy atom. The maximum Gasteiger partial charge on any atom is 0.0739 e. The molecule has 0 unspecified atom stereocenters. The van der Waals surface area contributed by atoms with E-state index < -0.39 is 0 Å². The van der Waals surface area contributed by atoms with Crippen LogP contribution in [-0.2, 0) is 18.3 Å². The number of aromatic nitrogens is 2. The fourth-order valence-electron chi connectivity index (χ4n) is 1.71. The number of likely N-dealkylation sites (N-methyl/N-ethyl adjacent to an activating group) is 1. The summed E-state index contributed by atoms with van der Waals surface area (Å²) in [5.41, 5.74) is 2.22. The van der Waals surface area contributed by atoms with Crippen molar-refractivity contribution >= 4 is 15.9 Å². The molecule has 0 spiro atoms. The van der Waals surface area contributed by atoms with Crippen LogP contribution in [0.15, 0.2) is 4.47 Å². The lowest BCUT2D eigenvalue weighted by molar-refractivity contribution is 0.161. The van der Waals surface area contributed by atoms with E-state index in [0.29, 0.717) is 0 Å². The monoisotopic (exact) mass is 318 g/mol. The Morgan fingerprint density at radius 2 is 2.17 bits per heavy atom. The molecule has 0 saturated heterocycles. The molecular formula is C12H23BrN4O. The third-order valence-electron chi connectivity index (χ3n) is 2.90. The number of aryl methyl sites for hydroxylation is 2. The lowest BCUT2D eigenvalue weighted by Gasteiger charge is -2.16. The molecule has 0 bridgehead atoms. The van der Waals surface area contributed by atoms with E-state index >= 15 is 0 Å². The van der Waals surface area contributed by atoms with Gasteiger partial charge in [-0.1, -0.05) is 0 Å². The predicted octanol–water partition coefficient (Wildman–Crippen LogP) is 1.16. The van der Waals surface area contributed by atoms with Crippen molar-refractivity contribution in [1.29, 1.82) is 0 Å². The molecule has 104 valence electrons. The van der Waals surface area contributed by atoms with Crippen molar-refractivity contribution in [1.82, 2.24) is 20.0 Å². The van der Waals surface area contributed by atoms with Crippen molar-refractivity contribution in [3.05, 3.63) is 15.9 Å². The van der Waals surface area contributed by atoms with E-state index in [0.717, 1.165) is 43.0 Å². The van der Waals surface area contributed by atoms with Crippen LogP contribution < -0.4 is 5.32 Å². The van der Waals surface area contributed by atoms with Gasteiger partial charge in [0.25, 0.3) is 0 Å². The van der Waals surface area contributed by atoms with Crippen molar-refractivity contribution in [2.45, 2.75) is 13.5 Å². The molecule has 0 fully saturated rings. The number of ether oxygens (including phenoxy) is 1. The van der Waals surface area contributed by atoms with Crippen LogP contribution in [-0.4, -0.2) is 55.1 Å². The number of hydrogen-bond acceptors (Lipinski definition) is 4. The second kappa shape index (κ2) is 7.89. The van der Waals surface area contributed by atoms with Crippen molar-refractivity contribution in [2.24, 2.45) is 7.05 Å². The summed E-state index contributed by atoms with van der Waals surface area (Å²) in [6, 6.07) is 0. The van der Waals surface area contributed by atoms with Crippen LogP contribution in [0, 0.1) is 6.92 Å².